The molecule has 0 bridgehead atoms. The van der Waals surface area contributed by atoms with Gasteiger partial charge >= 0.3 is 0 Å². The van der Waals surface area contributed by atoms with Crippen molar-refractivity contribution in [3.8, 4) is 0 Å². The fourth-order valence-corrected chi connectivity index (χ4v) is 1.12. The van der Waals surface area contributed by atoms with E-state index in [1.54, 1.807) is 0 Å². The van der Waals surface area contributed by atoms with E-state index in [1.165, 1.54) is 0 Å². The Morgan fingerprint density at radius 2 is 2.25 bits per heavy atom. The Kier molecular flexibility index (Phi) is 2.28. The first kappa shape index (κ1) is 6.52. The van der Waals surface area contributed by atoms with Crippen LogP contribution in [-0.4, -0.2) is 22.8 Å². The fourth-order valence-electron chi connectivity index (χ4n) is 0.706. The first-order valence-corrected chi connectivity index (χ1v) is 3.64. The van der Waals surface area contributed by atoms with Crippen LogP contribution in [0.15, 0.2) is 0 Å². The van der Waals surface area contributed by atoms with Crippen LogP contribution >= 0.6 is 15.9 Å². The maximum atomic E-state index is 8.78. The van der Waals surface area contributed by atoms with E-state index in [4.69, 9.17) is 9.84 Å². The lowest BCUT2D eigenvalue weighted by molar-refractivity contribution is -0.120. The highest BCUT2D eigenvalue weighted by molar-refractivity contribution is 9.09. The quantitative estimate of drug-likeness (QED) is 0.562. The van der Waals surface area contributed by atoms with Gasteiger partial charge in [-0.2, -0.15) is 0 Å². The van der Waals surface area contributed by atoms with Gasteiger partial charge in [0.1, 0.15) is 0 Å². The Hall–Kier alpha value is 0.400. The minimum Gasteiger partial charge on any atom is -0.368 e. The van der Waals surface area contributed by atoms with Gasteiger partial charge in [0.25, 0.3) is 0 Å². The average molecular weight is 181 g/mol. The normalized spacial score (nSPS) is 39.8. The monoisotopic (exact) mass is 180 g/mol. The molecule has 1 saturated heterocycles. The predicted molar refractivity (Wildman–Crippen MR) is 33.9 cm³/mol. The van der Waals surface area contributed by atoms with Crippen LogP contribution in [0.25, 0.3) is 0 Å². The molecule has 1 rings (SSSR count). The van der Waals surface area contributed by atoms with Gasteiger partial charge in [-0.1, -0.05) is 15.9 Å². The molecule has 0 saturated carbocycles. The summed E-state index contributed by atoms with van der Waals surface area (Å²) in [5.74, 6) is 0. The van der Waals surface area contributed by atoms with Gasteiger partial charge in [0.05, 0.1) is 6.61 Å². The molecule has 1 fully saturated rings. The molecule has 0 aliphatic carbocycles. The molecule has 3 heteroatoms. The molecule has 0 amide bonds. The molecule has 0 aromatic carbocycles. The first-order valence-electron chi connectivity index (χ1n) is 2.73. The van der Waals surface area contributed by atoms with Crippen LogP contribution in [-0.2, 0) is 4.74 Å². The summed E-state index contributed by atoms with van der Waals surface area (Å²) in [5.41, 5.74) is 0. The SMILES string of the molecule is OC1CCC(Br)CO1. The van der Waals surface area contributed by atoms with Crippen molar-refractivity contribution in [3.63, 3.8) is 0 Å². The standard InChI is InChI=1S/C5H9BrO2/c6-4-1-2-5(7)8-3-4/h4-5,7H,1-3H2. The first-order chi connectivity index (χ1) is 3.79. The van der Waals surface area contributed by atoms with Crippen molar-refractivity contribution in [1.29, 1.82) is 0 Å². The highest BCUT2D eigenvalue weighted by Crippen LogP contribution is 2.16. The third-order valence-corrected chi connectivity index (χ3v) is 1.92. The molecule has 0 aromatic rings. The van der Waals surface area contributed by atoms with E-state index >= 15 is 0 Å². The summed E-state index contributed by atoms with van der Waals surface area (Å²) in [7, 11) is 0. The fraction of sp³-hybridized carbons (Fsp3) is 1.00. The molecule has 1 heterocycles. The maximum Gasteiger partial charge on any atom is 0.154 e. The number of hydrogen-bond donors (Lipinski definition) is 1. The number of rotatable bonds is 0. The Morgan fingerprint density at radius 1 is 1.50 bits per heavy atom. The van der Waals surface area contributed by atoms with Crippen LogP contribution in [0.4, 0.5) is 0 Å². The molecule has 0 aromatic heterocycles. The van der Waals surface area contributed by atoms with Gasteiger partial charge in [-0.25, -0.2) is 0 Å². The molecule has 2 atom stereocenters. The van der Waals surface area contributed by atoms with E-state index < -0.39 is 6.29 Å². The smallest absolute Gasteiger partial charge is 0.154 e. The van der Waals surface area contributed by atoms with Gasteiger partial charge < -0.3 is 9.84 Å². The lowest BCUT2D eigenvalue weighted by atomic mass is 10.2. The van der Waals surface area contributed by atoms with E-state index in [1.807, 2.05) is 0 Å². The molecule has 1 N–H and O–H groups in total. The lowest BCUT2D eigenvalue weighted by Crippen LogP contribution is -2.25. The second-order valence-electron chi connectivity index (χ2n) is 1.96. The van der Waals surface area contributed by atoms with Crippen LogP contribution in [0.1, 0.15) is 12.8 Å². The van der Waals surface area contributed by atoms with Crippen LogP contribution in [0.5, 0.6) is 0 Å². The Bertz CT molecular complexity index is 58.8. The maximum absolute atomic E-state index is 8.78. The average Bonchev–Trinajstić information content (AvgIpc) is 1.77. The zero-order valence-electron chi connectivity index (χ0n) is 4.51. The van der Waals surface area contributed by atoms with E-state index in [2.05, 4.69) is 15.9 Å². The Labute approximate surface area is 57.0 Å². The summed E-state index contributed by atoms with van der Waals surface area (Å²) in [5, 5.41) is 8.78. The van der Waals surface area contributed by atoms with Crippen molar-refractivity contribution >= 4 is 15.9 Å². The van der Waals surface area contributed by atoms with Crippen LogP contribution in [0.2, 0.25) is 0 Å². The van der Waals surface area contributed by atoms with Crippen molar-refractivity contribution in [1.82, 2.24) is 0 Å². The van der Waals surface area contributed by atoms with Crippen molar-refractivity contribution in [3.05, 3.63) is 0 Å². The molecular weight excluding hydrogens is 172 g/mol. The van der Waals surface area contributed by atoms with Gasteiger partial charge in [-0.3, -0.25) is 0 Å². The molecule has 48 valence electrons. The van der Waals surface area contributed by atoms with Gasteiger partial charge in [0, 0.05) is 4.83 Å². The van der Waals surface area contributed by atoms with E-state index in [9.17, 15) is 0 Å². The van der Waals surface area contributed by atoms with Crippen molar-refractivity contribution in [2.75, 3.05) is 6.61 Å². The lowest BCUT2D eigenvalue weighted by Gasteiger charge is -2.21. The molecule has 0 spiro atoms. The Morgan fingerprint density at radius 3 is 2.62 bits per heavy atom. The van der Waals surface area contributed by atoms with Gasteiger partial charge in [0.15, 0.2) is 6.29 Å². The van der Waals surface area contributed by atoms with E-state index in [0.717, 1.165) is 12.8 Å². The highest BCUT2D eigenvalue weighted by Gasteiger charge is 2.16. The largest absolute Gasteiger partial charge is 0.368 e. The number of ether oxygens (including phenoxy) is 1. The Balaban J connectivity index is 2.19. The van der Waals surface area contributed by atoms with Gasteiger partial charge in [0.2, 0.25) is 0 Å². The second kappa shape index (κ2) is 2.80. The predicted octanol–water partition coefficient (Wildman–Crippen LogP) is 0.879. The van der Waals surface area contributed by atoms with Crippen molar-refractivity contribution < 1.29 is 9.84 Å². The van der Waals surface area contributed by atoms with Crippen LogP contribution < -0.4 is 0 Å². The number of alkyl halides is 1. The van der Waals surface area contributed by atoms with Gasteiger partial charge in [-0.05, 0) is 12.8 Å². The molecule has 2 nitrogen and oxygen atoms in total. The summed E-state index contributed by atoms with van der Waals surface area (Å²) in [4.78, 5) is 0.450. The number of aliphatic hydroxyl groups is 1. The molecule has 8 heavy (non-hydrogen) atoms. The molecule has 1 aliphatic rings. The van der Waals surface area contributed by atoms with E-state index in [0.29, 0.717) is 11.4 Å². The van der Waals surface area contributed by atoms with Crippen LogP contribution in [0, 0.1) is 0 Å². The minimum atomic E-state index is -0.510. The third-order valence-electron chi connectivity index (χ3n) is 1.20. The summed E-state index contributed by atoms with van der Waals surface area (Å²) < 4.78 is 4.90. The number of hydrogen-bond acceptors (Lipinski definition) is 2. The number of aliphatic hydroxyl groups excluding tert-OH is 1. The number of halogens is 1. The van der Waals surface area contributed by atoms with Gasteiger partial charge in [-0.15, -0.1) is 0 Å². The van der Waals surface area contributed by atoms with Crippen molar-refractivity contribution in [2.45, 2.75) is 24.0 Å². The summed E-state index contributed by atoms with van der Waals surface area (Å²) in [6.07, 6.45) is 1.26. The molecular formula is C5H9BrO2. The topological polar surface area (TPSA) is 29.5 Å². The molecule has 0 radical (unpaired) electrons. The molecule has 1 aliphatic heterocycles. The summed E-state index contributed by atoms with van der Waals surface area (Å²) in [6, 6.07) is 0. The highest BCUT2D eigenvalue weighted by atomic mass is 79.9. The third kappa shape index (κ3) is 1.73. The minimum absolute atomic E-state index is 0.450. The zero-order chi connectivity index (χ0) is 5.98. The molecule has 2 unspecified atom stereocenters. The van der Waals surface area contributed by atoms with E-state index in [-0.39, 0.29) is 0 Å². The van der Waals surface area contributed by atoms with Crippen molar-refractivity contribution in [2.24, 2.45) is 0 Å². The zero-order valence-corrected chi connectivity index (χ0v) is 6.10. The summed E-state index contributed by atoms with van der Waals surface area (Å²) in [6.45, 7) is 0.640. The summed E-state index contributed by atoms with van der Waals surface area (Å²) >= 11 is 3.38. The second-order valence-corrected chi connectivity index (χ2v) is 3.26. The van der Waals surface area contributed by atoms with Crippen LogP contribution in [0.3, 0.4) is 0 Å².